The number of aromatic nitrogens is 2. The van der Waals surface area contributed by atoms with E-state index in [1.54, 1.807) is 0 Å². The highest BCUT2D eigenvalue weighted by atomic mass is 79.9. The van der Waals surface area contributed by atoms with Gasteiger partial charge < -0.3 is 5.73 Å². The Morgan fingerprint density at radius 3 is 2.19 bits per heavy atom. The van der Waals surface area contributed by atoms with Gasteiger partial charge in [-0.2, -0.15) is 0 Å². The van der Waals surface area contributed by atoms with E-state index in [1.165, 1.54) is 23.0 Å². The largest absolute Gasteiger partial charge is 0.383 e. The molecule has 1 aromatic heterocycles. The number of halogens is 2. The quantitative estimate of drug-likeness (QED) is 0.512. The lowest BCUT2D eigenvalue weighted by molar-refractivity contribution is 0.579. The van der Waals surface area contributed by atoms with Gasteiger partial charge in [-0.05, 0) is 53.5 Å². The molecule has 0 saturated heterocycles. The predicted molar refractivity (Wildman–Crippen MR) is 114 cm³/mol. The van der Waals surface area contributed by atoms with E-state index < -0.39 is 0 Å². The molecule has 5 heteroatoms. The summed E-state index contributed by atoms with van der Waals surface area (Å²) in [5.74, 6) is 0.548. The molecule has 0 fully saturated rings. The van der Waals surface area contributed by atoms with Crippen molar-refractivity contribution in [3.05, 3.63) is 86.2 Å². The van der Waals surface area contributed by atoms with Gasteiger partial charge in [-0.25, -0.2) is 9.97 Å². The Kier molecular flexibility index (Phi) is 4.45. The van der Waals surface area contributed by atoms with Gasteiger partial charge in [0.05, 0.1) is 5.69 Å². The molecule has 1 aliphatic rings. The average Bonchev–Trinajstić information content (AvgIpc) is 2.62. The molecule has 0 radical (unpaired) electrons. The van der Waals surface area contributed by atoms with Crippen molar-refractivity contribution in [1.82, 2.24) is 9.97 Å². The molecular weight excluding hydrogens is 454 g/mol. The number of fused-ring (bicyclic) bond motifs is 1. The number of rotatable bonds is 2. The van der Waals surface area contributed by atoms with Crippen LogP contribution in [0.3, 0.4) is 0 Å². The molecule has 3 nitrogen and oxygen atoms in total. The van der Waals surface area contributed by atoms with Crippen LogP contribution in [0.1, 0.15) is 35.7 Å². The van der Waals surface area contributed by atoms with Crippen molar-refractivity contribution in [2.45, 2.75) is 18.8 Å². The molecule has 26 heavy (non-hydrogen) atoms. The Morgan fingerprint density at radius 2 is 1.54 bits per heavy atom. The van der Waals surface area contributed by atoms with Gasteiger partial charge in [0.15, 0.2) is 0 Å². The maximum atomic E-state index is 6.29. The molecule has 1 atom stereocenters. The van der Waals surface area contributed by atoms with E-state index in [0.29, 0.717) is 5.82 Å². The number of hydrogen-bond acceptors (Lipinski definition) is 3. The van der Waals surface area contributed by atoms with Crippen LogP contribution in [0.25, 0.3) is 11.6 Å². The first kappa shape index (κ1) is 17.4. The highest BCUT2D eigenvalue weighted by Gasteiger charge is 2.38. The fourth-order valence-corrected chi connectivity index (χ4v) is 4.22. The predicted octanol–water partition coefficient (Wildman–Crippen LogP) is 5.83. The smallest absolute Gasteiger partial charge is 0.131 e. The summed E-state index contributed by atoms with van der Waals surface area (Å²) in [5.41, 5.74) is 11.5. The Morgan fingerprint density at radius 1 is 0.923 bits per heavy atom. The van der Waals surface area contributed by atoms with Crippen LogP contribution in [-0.2, 0) is 5.41 Å². The van der Waals surface area contributed by atoms with Gasteiger partial charge in [-0.15, -0.1) is 0 Å². The average molecular weight is 471 g/mol. The van der Waals surface area contributed by atoms with Gasteiger partial charge in [0, 0.05) is 19.9 Å². The third kappa shape index (κ3) is 2.99. The van der Waals surface area contributed by atoms with Gasteiger partial charge in [0.25, 0.3) is 0 Å². The summed E-state index contributed by atoms with van der Waals surface area (Å²) in [5, 5.41) is 0. The van der Waals surface area contributed by atoms with E-state index in [0.717, 1.165) is 26.6 Å². The highest BCUT2D eigenvalue weighted by Crippen LogP contribution is 2.47. The van der Waals surface area contributed by atoms with Crippen LogP contribution in [-0.4, -0.2) is 9.97 Å². The number of nitrogens with two attached hydrogens (primary N) is 1. The standard InChI is InChI=1S/C21H17Br2N3/c1-21(15-4-8-17(23)9-5-15)11-14(13-2-6-16(22)7-3-13)10-18-19(21)20(24)26-12-25-18/h2-10,12H,11H2,1H3,(H2,24,25,26). The van der Waals surface area contributed by atoms with Crippen LogP contribution in [0.4, 0.5) is 5.82 Å². The molecule has 2 N–H and O–H groups in total. The first-order valence-corrected chi connectivity index (χ1v) is 9.89. The van der Waals surface area contributed by atoms with Crippen LogP contribution >= 0.6 is 31.9 Å². The van der Waals surface area contributed by atoms with Crippen molar-refractivity contribution < 1.29 is 0 Å². The van der Waals surface area contributed by atoms with Crippen molar-refractivity contribution in [3.63, 3.8) is 0 Å². The minimum absolute atomic E-state index is 0.293. The molecule has 0 spiro atoms. The molecule has 0 amide bonds. The summed E-state index contributed by atoms with van der Waals surface area (Å²) in [6.45, 7) is 2.22. The lowest BCUT2D eigenvalue weighted by Crippen LogP contribution is -2.30. The van der Waals surface area contributed by atoms with Crippen LogP contribution in [0.15, 0.2) is 63.8 Å². The lowest BCUT2D eigenvalue weighted by Gasteiger charge is -2.36. The van der Waals surface area contributed by atoms with Crippen molar-refractivity contribution in [1.29, 1.82) is 0 Å². The van der Waals surface area contributed by atoms with Crippen LogP contribution < -0.4 is 5.73 Å². The number of nitrogens with zero attached hydrogens (tertiary/aromatic N) is 2. The number of benzene rings is 2. The fraction of sp³-hybridized carbons (Fsp3) is 0.143. The highest BCUT2D eigenvalue weighted by molar-refractivity contribution is 9.10. The fourth-order valence-electron chi connectivity index (χ4n) is 3.69. The zero-order valence-electron chi connectivity index (χ0n) is 14.2. The minimum Gasteiger partial charge on any atom is -0.383 e. The first-order chi connectivity index (χ1) is 12.5. The monoisotopic (exact) mass is 469 g/mol. The van der Waals surface area contributed by atoms with Gasteiger partial charge in [0.2, 0.25) is 0 Å². The summed E-state index contributed by atoms with van der Waals surface area (Å²) in [4.78, 5) is 8.79. The molecular formula is C21H17Br2N3. The van der Waals surface area contributed by atoms with Crippen LogP contribution in [0, 0.1) is 0 Å². The van der Waals surface area contributed by atoms with E-state index in [-0.39, 0.29) is 5.41 Å². The molecule has 1 unspecified atom stereocenters. The SMILES string of the molecule is CC1(c2ccc(Br)cc2)CC(c2ccc(Br)cc2)=Cc2ncnc(N)c21. The Labute approximate surface area is 169 Å². The van der Waals surface area contributed by atoms with Crippen molar-refractivity contribution in [3.8, 4) is 0 Å². The summed E-state index contributed by atoms with van der Waals surface area (Å²) in [6, 6.07) is 16.8. The molecule has 0 bridgehead atoms. The van der Waals surface area contributed by atoms with E-state index >= 15 is 0 Å². The van der Waals surface area contributed by atoms with Gasteiger partial charge in [-0.1, -0.05) is 63.0 Å². The van der Waals surface area contributed by atoms with Crippen molar-refractivity contribution in [2.75, 3.05) is 5.73 Å². The van der Waals surface area contributed by atoms with Gasteiger partial charge in [0.1, 0.15) is 12.1 Å². The molecule has 0 aliphatic heterocycles. The van der Waals surface area contributed by atoms with Crippen LogP contribution in [0.5, 0.6) is 0 Å². The molecule has 3 aromatic rings. The second-order valence-electron chi connectivity index (χ2n) is 6.71. The second-order valence-corrected chi connectivity index (χ2v) is 8.54. The summed E-state index contributed by atoms with van der Waals surface area (Å²) in [6.07, 6.45) is 4.51. The summed E-state index contributed by atoms with van der Waals surface area (Å²) < 4.78 is 2.13. The zero-order chi connectivity index (χ0) is 18.3. The zero-order valence-corrected chi connectivity index (χ0v) is 17.4. The van der Waals surface area contributed by atoms with E-state index in [4.69, 9.17) is 5.73 Å². The second kappa shape index (κ2) is 6.63. The third-order valence-electron chi connectivity index (χ3n) is 5.01. The molecule has 4 rings (SSSR count). The molecule has 130 valence electrons. The van der Waals surface area contributed by atoms with E-state index in [9.17, 15) is 0 Å². The normalized spacial score (nSPS) is 19.0. The number of anilines is 1. The number of allylic oxidation sites excluding steroid dienone is 1. The van der Waals surface area contributed by atoms with Gasteiger partial charge in [-0.3, -0.25) is 0 Å². The topological polar surface area (TPSA) is 51.8 Å². The third-order valence-corrected chi connectivity index (χ3v) is 6.07. The lowest BCUT2D eigenvalue weighted by atomic mass is 9.67. The van der Waals surface area contributed by atoms with Gasteiger partial charge >= 0.3 is 0 Å². The first-order valence-electron chi connectivity index (χ1n) is 8.31. The minimum atomic E-state index is -0.293. The molecule has 1 heterocycles. The summed E-state index contributed by atoms with van der Waals surface area (Å²) in [7, 11) is 0. The molecule has 1 aliphatic carbocycles. The van der Waals surface area contributed by atoms with Crippen molar-refractivity contribution in [2.24, 2.45) is 0 Å². The van der Waals surface area contributed by atoms with E-state index in [1.807, 2.05) is 0 Å². The Bertz CT molecular complexity index is 995. The molecule has 0 saturated carbocycles. The Hall–Kier alpha value is -1.98. The maximum absolute atomic E-state index is 6.29. The van der Waals surface area contributed by atoms with E-state index in [2.05, 4.69) is 103 Å². The maximum Gasteiger partial charge on any atom is 0.131 e. The Balaban J connectivity index is 1.92. The molecule has 2 aromatic carbocycles. The summed E-state index contributed by atoms with van der Waals surface area (Å²) >= 11 is 7.03. The van der Waals surface area contributed by atoms with Crippen molar-refractivity contribution >= 4 is 49.3 Å². The number of hydrogen-bond donors (Lipinski definition) is 1. The van der Waals surface area contributed by atoms with Crippen LogP contribution in [0.2, 0.25) is 0 Å². The number of nitrogen functional groups attached to an aromatic ring is 1.